The summed E-state index contributed by atoms with van der Waals surface area (Å²) in [5.41, 5.74) is 2.41. The summed E-state index contributed by atoms with van der Waals surface area (Å²) in [6.45, 7) is 8.45. The van der Waals surface area contributed by atoms with Gasteiger partial charge < -0.3 is 15.4 Å². The van der Waals surface area contributed by atoms with E-state index in [4.69, 9.17) is 4.74 Å². The number of amides is 1. The molecule has 4 heteroatoms. The fourth-order valence-corrected chi connectivity index (χ4v) is 2.71. The molecule has 4 nitrogen and oxygen atoms in total. The second-order valence-corrected chi connectivity index (χ2v) is 6.11. The highest BCUT2D eigenvalue weighted by molar-refractivity contribution is 5.81. The Morgan fingerprint density at radius 2 is 2.19 bits per heavy atom. The Labute approximate surface area is 127 Å². The third-order valence-corrected chi connectivity index (χ3v) is 3.81. The quantitative estimate of drug-likeness (QED) is 0.874. The van der Waals surface area contributed by atoms with Crippen LogP contribution in [-0.2, 0) is 9.53 Å². The molecule has 2 N–H and O–H groups in total. The van der Waals surface area contributed by atoms with E-state index in [9.17, 15) is 4.79 Å². The molecule has 2 unspecified atom stereocenters. The smallest absolute Gasteiger partial charge is 0.250 e. The van der Waals surface area contributed by atoms with E-state index in [1.54, 1.807) is 0 Å². The molecule has 0 saturated carbocycles. The molecule has 1 amide bonds. The zero-order valence-electron chi connectivity index (χ0n) is 13.2. The Bertz CT molecular complexity index is 468. The maximum absolute atomic E-state index is 12.4. The van der Waals surface area contributed by atoms with Crippen LogP contribution in [0.4, 0.5) is 0 Å². The van der Waals surface area contributed by atoms with Crippen molar-refractivity contribution in [3.63, 3.8) is 0 Å². The second-order valence-electron chi connectivity index (χ2n) is 6.11. The predicted molar refractivity (Wildman–Crippen MR) is 84.1 cm³/mol. The lowest BCUT2D eigenvalue weighted by atomic mass is 9.93. The number of morpholine rings is 1. The van der Waals surface area contributed by atoms with Gasteiger partial charge in [0.1, 0.15) is 6.10 Å². The Morgan fingerprint density at radius 3 is 2.81 bits per heavy atom. The summed E-state index contributed by atoms with van der Waals surface area (Å²) in [6, 6.07) is 8.29. The zero-order chi connectivity index (χ0) is 15.2. The molecule has 0 radical (unpaired) electrons. The number of carbonyl (C=O) groups is 1. The first kappa shape index (κ1) is 16.0. The topological polar surface area (TPSA) is 50.4 Å². The van der Waals surface area contributed by atoms with Crippen LogP contribution in [0.2, 0.25) is 0 Å². The number of ether oxygens (including phenoxy) is 1. The molecule has 2 atom stereocenters. The Kier molecular flexibility index (Phi) is 5.76. The van der Waals surface area contributed by atoms with Crippen molar-refractivity contribution >= 4 is 5.91 Å². The molecule has 0 aliphatic carbocycles. The van der Waals surface area contributed by atoms with Crippen LogP contribution in [0.15, 0.2) is 24.3 Å². The number of benzene rings is 1. The van der Waals surface area contributed by atoms with Crippen LogP contribution in [0.1, 0.15) is 37.4 Å². The summed E-state index contributed by atoms with van der Waals surface area (Å²) < 4.78 is 5.54. The van der Waals surface area contributed by atoms with Crippen molar-refractivity contribution < 1.29 is 9.53 Å². The fourth-order valence-electron chi connectivity index (χ4n) is 2.71. The van der Waals surface area contributed by atoms with Crippen molar-refractivity contribution in [3.05, 3.63) is 35.4 Å². The van der Waals surface area contributed by atoms with Gasteiger partial charge in [0.05, 0.1) is 12.6 Å². The molecule has 1 heterocycles. The highest BCUT2D eigenvalue weighted by atomic mass is 16.5. The third kappa shape index (κ3) is 4.55. The largest absolute Gasteiger partial charge is 0.366 e. The normalized spacial score (nSPS) is 20.3. The predicted octanol–water partition coefficient (Wildman–Crippen LogP) is 2.19. The first-order chi connectivity index (χ1) is 10.1. The number of hydrogen-bond donors (Lipinski definition) is 2. The maximum atomic E-state index is 12.4. The Morgan fingerprint density at radius 1 is 1.43 bits per heavy atom. The molecular weight excluding hydrogens is 264 g/mol. The van der Waals surface area contributed by atoms with Crippen LogP contribution in [0.3, 0.4) is 0 Å². The van der Waals surface area contributed by atoms with E-state index < -0.39 is 0 Å². The van der Waals surface area contributed by atoms with E-state index in [0.29, 0.717) is 19.1 Å². The van der Waals surface area contributed by atoms with Crippen LogP contribution in [-0.4, -0.2) is 31.7 Å². The molecule has 1 aliphatic heterocycles. The second kappa shape index (κ2) is 7.57. The van der Waals surface area contributed by atoms with E-state index in [2.05, 4.69) is 43.5 Å². The van der Waals surface area contributed by atoms with Crippen molar-refractivity contribution in [3.8, 4) is 0 Å². The van der Waals surface area contributed by atoms with Crippen molar-refractivity contribution in [1.82, 2.24) is 10.6 Å². The van der Waals surface area contributed by atoms with Gasteiger partial charge in [-0.1, -0.05) is 38.1 Å². The third-order valence-electron chi connectivity index (χ3n) is 3.81. The van der Waals surface area contributed by atoms with Gasteiger partial charge in [-0.25, -0.2) is 0 Å². The highest BCUT2D eigenvalue weighted by Crippen LogP contribution is 2.24. The highest BCUT2D eigenvalue weighted by Gasteiger charge is 2.25. The molecule has 0 bridgehead atoms. The van der Waals surface area contributed by atoms with E-state index >= 15 is 0 Å². The lowest BCUT2D eigenvalue weighted by Gasteiger charge is -2.27. The van der Waals surface area contributed by atoms with Gasteiger partial charge >= 0.3 is 0 Å². The molecule has 0 spiro atoms. The van der Waals surface area contributed by atoms with Crippen molar-refractivity contribution in [2.75, 3.05) is 19.7 Å². The van der Waals surface area contributed by atoms with Crippen LogP contribution in [0, 0.1) is 12.8 Å². The number of rotatable bonds is 5. The molecular formula is C17H26N2O2. The summed E-state index contributed by atoms with van der Waals surface area (Å²) in [4.78, 5) is 12.4. The summed E-state index contributed by atoms with van der Waals surface area (Å²) in [7, 11) is 0. The lowest BCUT2D eigenvalue weighted by molar-refractivity contribution is -0.135. The molecule has 1 aromatic carbocycles. The van der Waals surface area contributed by atoms with Gasteiger partial charge in [-0.2, -0.15) is 0 Å². The molecule has 0 aromatic heterocycles. The number of carbonyl (C=O) groups excluding carboxylic acids is 1. The fraction of sp³-hybridized carbons (Fsp3) is 0.588. The van der Waals surface area contributed by atoms with Crippen LogP contribution in [0.25, 0.3) is 0 Å². The van der Waals surface area contributed by atoms with E-state index in [1.807, 2.05) is 12.1 Å². The van der Waals surface area contributed by atoms with Crippen molar-refractivity contribution in [2.45, 2.75) is 39.3 Å². The van der Waals surface area contributed by atoms with Gasteiger partial charge in [0.15, 0.2) is 0 Å². The van der Waals surface area contributed by atoms with E-state index in [1.165, 1.54) is 11.1 Å². The monoisotopic (exact) mass is 290 g/mol. The minimum Gasteiger partial charge on any atom is -0.366 e. The molecule has 21 heavy (non-hydrogen) atoms. The first-order valence-electron chi connectivity index (χ1n) is 7.76. The average Bonchev–Trinajstić information content (AvgIpc) is 2.47. The SMILES string of the molecule is Cc1ccccc1C(CC(C)C)NC(=O)C1CNCCO1. The summed E-state index contributed by atoms with van der Waals surface area (Å²) in [6.07, 6.45) is 0.550. The van der Waals surface area contributed by atoms with Gasteiger partial charge in [-0.3, -0.25) is 4.79 Å². The molecule has 116 valence electrons. The maximum Gasteiger partial charge on any atom is 0.250 e. The molecule has 2 rings (SSSR count). The summed E-state index contributed by atoms with van der Waals surface area (Å²) in [5, 5.41) is 6.37. The average molecular weight is 290 g/mol. The van der Waals surface area contributed by atoms with Gasteiger partial charge in [0.25, 0.3) is 5.91 Å². The number of aryl methyl sites for hydroxylation is 1. The molecule has 1 fully saturated rings. The van der Waals surface area contributed by atoms with Gasteiger partial charge in [0, 0.05) is 13.1 Å². The van der Waals surface area contributed by atoms with Gasteiger partial charge in [-0.15, -0.1) is 0 Å². The Balaban J connectivity index is 2.09. The van der Waals surface area contributed by atoms with Crippen molar-refractivity contribution in [2.24, 2.45) is 5.92 Å². The molecule has 1 saturated heterocycles. The molecule has 1 aromatic rings. The van der Waals surface area contributed by atoms with Crippen LogP contribution >= 0.6 is 0 Å². The first-order valence-corrected chi connectivity index (χ1v) is 7.76. The summed E-state index contributed by atoms with van der Waals surface area (Å²) >= 11 is 0. The summed E-state index contributed by atoms with van der Waals surface area (Å²) in [5.74, 6) is 0.497. The minimum atomic E-state index is -0.377. The van der Waals surface area contributed by atoms with Crippen LogP contribution < -0.4 is 10.6 Å². The van der Waals surface area contributed by atoms with Crippen LogP contribution in [0.5, 0.6) is 0 Å². The van der Waals surface area contributed by atoms with Gasteiger partial charge in [-0.05, 0) is 30.4 Å². The van der Waals surface area contributed by atoms with E-state index in [0.717, 1.165) is 13.0 Å². The lowest BCUT2D eigenvalue weighted by Crippen LogP contribution is -2.48. The molecule has 1 aliphatic rings. The van der Waals surface area contributed by atoms with E-state index in [-0.39, 0.29) is 18.1 Å². The Hall–Kier alpha value is -1.39. The zero-order valence-corrected chi connectivity index (χ0v) is 13.2. The standard InChI is InChI=1S/C17H26N2O2/c1-12(2)10-15(14-7-5-4-6-13(14)3)19-17(20)16-11-18-8-9-21-16/h4-7,12,15-16,18H,8-11H2,1-3H3,(H,19,20). The minimum absolute atomic E-state index is 0.0175. The number of nitrogens with one attached hydrogen (secondary N) is 2. The number of hydrogen-bond acceptors (Lipinski definition) is 3. The van der Waals surface area contributed by atoms with Crippen molar-refractivity contribution in [1.29, 1.82) is 0 Å². The van der Waals surface area contributed by atoms with Gasteiger partial charge in [0.2, 0.25) is 0 Å².